The Morgan fingerprint density at radius 1 is 0.966 bits per heavy atom. The van der Waals surface area contributed by atoms with Crippen molar-refractivity contribution in [2.75, 3.05) is 26.2 Å². The number of hydrogen-bond donors (Lipinski definition) is 0. The van der Waals surface area contributed by atoms with Gasteiger partial charge in [-0.15, -0.1) is 0 Å². The van der Waals surface area contributed by atoms with E-state index in [-0.39, 0.29) is 0 Å². The van der Waals surface area contributed by atoms with Crippen molar-refractivity contribution in [3.05, 3.63) is 66.6 Å². The highest BCUT2D eigenvalue weighted by Gasteiger charge is 2.16. The van der Waals surface area contributed by atoms with Crippen LogP contribution in [0.15, 0.2) is 70.2 Å². The van der Waals surface area contributed by atoms with E-state index in [9.17, 15) is 0 Å². The molecule has 5 heteroatoms. The van der Waals surface area contributed by atoms with Crippen LogP contribution >= 0.6 is 0 Å². The van der Waals surface area contributed by atoms with Crippen molar-refractivity contribution < 1.29 is 9.25 Å². The summed E-state index contributed by atoms with van der Waals surface area (Å²) in [4.78, 5) is 12.4. The number of hydrogen-bond acceptors (Lipinski definition) is 5. The van der Waals surface area contributed by atoms with Crippen LogP contribution in [0, 0.1) is 0 Å². The highest BCUT2D eigenvalue weighted by atomic mass is 16.6. The molecule has 0 aliphatic rings. The minimum absolute atomic E-state index is 0.605. The van der Waals surface area contributed by atoms with E-state index in [1.54, 1.807) is 6.21 Å². The minimum Gasteiger partial charge on any atom is -0.440 e. The molecule has 1 heterocycles. The summed E-state index contributed by atoms with van der Waals surface area (Å²) in [7, 11) is 0. The molecule has 1 aromatic heterocycles. The van der Waals surface area contributed by atoms with E-state index in [0.29, 0.717) is 25.3 Å². The first-order valence-corrected chi connectivity index (χ1v) is 10.3. The maximum absolute atomic E-state index is 6.12. The van der Waals surface area contributed by atoms with Crippen molar-refractivity contribution in [1.82, 2.24) is 9.88 Å². The topological polar surface area (TPSA) is 50.9 Å². The standard InChI is InChI=1S/C24H29N3O2/c1-3-27(4-2)18-19-28-25-17-11-16-22-26-23(20-12-7-5-8-13-20)24(29-22)21-14-9-6-10-15-21/h5-10,12-15,17H,3-4,11,16,18-19H2,1-2H3/b25-17+. The highest BCUT2D eigenvalue weighted by Crippen LogP contribution is 2.32. The maximum atomic E-state index is 6.12. The summed E-state index contributed by atoms with van der Waals surface area (Å²) < 4.78 is 6.12. The molecule has 0 aliphatic carbocycles. The summed E-state index contributed by atoms with van der Waals surface area (Å²) in [6, 6.07) is 20.2. The predicted octanol–water partition coefficient (Wildman–Crippen LogP) is 5.29. The van der Waals surface area contributed by atoms with Gasteiger partial charge in [0.1, 0.15) is 12.3 Å². The molecule has 152 valence electrons. The third-order valence-electron chi connectivity index (χ3n) is 4.78. The Hall–Kier alpha value is -2.92. The summed E-state index contributed by atoms with van der Waals surface area (Å²) in [5.41, 5.74) is 2.95. The van der Waals surface area contributed by atoms with Gasteiger partial charge in [0.15, 0.2) is 11.7 Å². The molecule has 0 unspecified atom stereocenters. The van der Waals surface area contributed by atoms with Crippen LogP contribution in [0.5, 0.6) is 0 Å². The lowest BCUT2D eigenvalue weighted by molar-refractivity contribution is 0.115. The molecule has 2 aromatic carbocycles. The summed E-state index contributed by atoms with van der Waals surface area (Å²) in [6.07, 6.45) is 3.18. The first-order valence-electron chi connectivity index (χ1n) is 10.3. The third-order valence-corrected chi connectivity index (χ3v) is 4.78. The Morgan fingerprint density at radius 3 is 2.28 bits per heavy atom. The van der Waals surface area contributed by atoms with Crippen LogP contribution in [0.2, 0.25) is 0 Å². The lowest BCUT2D eigenvalue weighted by atomic mass is 10.1. The van der Waals surface area contributed by atoms with E-state index in [1.807, 2.05) is 48.5 Å². The molecule has 0 N–H and O–H groups in total. The van der Waals surface area contributed by atoms with E-state index in [1.165, 1.54) is 0 Å². The number of aryl methyl sites for hydroxylation is 1. The third kappa shape index (κ3) is 6.03. The summed E-state index contributed by atoms with van der Waals surface area (Å²) in [5.74, 6) is 1.51. The number of likely N-dealkylation sites (N-methyl/N-ethyl adjacent to an activating group) is 1. The molecule has 0 saturated carbocycles. The number of oxime groups is 1. The Kier molecular flexibility index (Phi) is 8.01. The van der Waals surface area contributed by atoms with Gasteiger partial charge in [0.2, 0.25) is 0 Å². The number of rotatable bonds is 11. The van der Waals surface area contributed by atoms with Gasteiger partial charge in [-0.2, -0.15) is 0 Å². The van der Waals surface area contributed by atoms with Crippen LogP contribution in [0.3, 0.4) is 0 Å². The second-order valence-electron chi connectivity index (χ2n) is 6.70. The van der Waals surface area contributed by atoms with Crippen LogP contribution in [0.25, 0.3) is 22.6 Å². The second kappa shape index (κ2) is 11.2. The SMILES string of the molecule is CCN(CC)CCO/N=C/CCc1nc(-c2ccccc2)c(-c2ccccc2)o1. The largest absolute Gasteiger partial charge is 0.440 e. The maximum Gasteiger partial charge on any atom is 0.195 e. The molecular weight excluding hydrogens is 362 g/mol. The van der Waals surface area contributed by atoms with Gasteiger partial charge in [0.05, 0.1) is 0 Å². The Bertz CT molecular complexity index is 815. The van der Waals surface area contributed by atoms with Crippen molar-refractivity contribution in [2.45, 2.75) is 26.7 Å². The molecule has 0 saturated heterocycles. The number of nitrogens with zero attached hydrogens (tertiary/aromatic N) is 3. The van der Waals surface area contributed by atoms with Gasteiger partial charge >= 0.3 is 0 Å². The average Bonchev–Trinajstić information content (AvgIpc) is 3.21. The molecule has 3 rings (SSSR count). The highest BCUT2D eigenvalue weighted by molar-refractivity contribution is 5.76. The van der Waals surface area contributed by atoms with Crippen LogP contribution in [-0.4, -0.2) is 42.3 Å². The van der Waals surface area contributed by atoms with Gasteiger partial charge in [-0.25, -0.2) is 4.98 Å². The van der Waals surface area contributed by atoms with Gasteiger partial charge in [-0.3, -0.25) is 0 Å². The van der Waals surface area contributed by atoms with Gasteiger partial charge in [0, 0.05) is 30.3 Å². The zero-order valence-electron chi connectivity index (χ0n) is 17.3. The van der Waals surface area contributed by atoms with Crippen LogP contribution < -0.4 is 0 Å². The average molecular weight is 392 g/mol. The molecule has 0 radical (unpaired) electrons. The summed E-state index contributed by atoms with van der Waals surface area (Å²) in [5, 5.41) is 4.05. The van der Waals surface area contributed by atoms with Crippen molar-refractivity contribution in [3.8, 4) is 22.6 Å². The van der Waals surface area contributed by atoms with E-state index in [0.717, 1.165) is 42.2 Å². The molecule has 0 bridgehead atoms. The zero-order chi connectivity index (χ0) is 20.3. The fourth-order valence-electron chi connectivity index (χ4n) is 3.10. The lowest BCUT2D eigenvalue weighted by Crippen LogP contribution is -2.26. The van der Waals surface area contributed by atoms with E-state index in [2.05, 4.69) is 36.0 Å². The quantitative estimate of drug-likeness (QED) is 0.253. The first kappa shape index (κ1) is 20.8. The Balaban J connectivity index is 1.62. The molecule has 0 amide bonds. The molecule has 0 aliphatic heterocycles. The molecule has 3 aromatic rings. The van der Waals surface area contributed by atoms with Crippen LogP contribution in [0.1, 0.15) is 26.2 Å². The first-order chi connectivity index (χ1) is 14.3. The number of oxazole rings is 1. The van der Waals surface area contributed by atoms with Gasteiger partial charge < -0.3 is 14.2 Å². The van der Waals surface area contributed by atoms with E-state index < -0.39 is 0 Å². The molecule has 29 heavy (non-hydrogen) atoms. The predicted molar refractivity (Wildman–Crippen MR) is 118 cm³/mol. The van der Waals surface area contributed by atoms with Crippen LogP contribution in [0.4, 0.5) is 0 Å². The Labute approximate surface area is 173 Å². The molecular formula is C24H29N3O2. The smallest absolute Gasteiger partial charge is 0.195 e. The minimum atomic E-state index is 0.605. The second-order valence-corrected chi connectivity index (χ2v) is 6.70. The van der Waals surface area contributed by atoms with E-state index in [4.69, 9.17) is 14.2 Å². The monoisotopic (exact) mass is 391 g/mol. The van der Waals surface area contributed by atoms with Crippen LogP contribution in [-0.2, 0) is 11.3 Å². The normalized spacial score (nSPS) is 11.4. The Morgan fingerprint density at radius 2 is 1.62 bits per heavy atom. The van der Waals surface area contributed by atoms with Crippen molar-refractivity contribution in [2.24, 2.45) is 5.16 Å². The fraction of sp³-hybridized carbons (Fsp3) is 0.333. The molecule has 0 spiro atoms. The summed E-state index contributed by atoms with van der Waals surface area (Å²) >= 11 is 0. The van der Waals surface area contributed by atoms with E-state index >= 15 is 0 Å². The number of benzene rings is 2. The van der Waals surface area contributed by atoms with Crippen molar-refractivity contribution >= 4 is 6.21 Å². The zero-order valence-corrected chi connectivity index (χ0v) is 17.3. The lowest BCUT2D eigenvalue weighted by Gasteiger charge is -2.16. The fourth-order valence-corrected chi connectivity index (χ4v) is 3.10. The van der Waals surface area contributed by atoms with Gasteiger partial charge in [-0.1, -0.05) is 79.7 Å². The number of aromatic nitrogens is 1. The van der Waals surface area contributed by atoms with Gasteiger partial charge in [-0.05, 0) is 19.5 Å². The summed E-state index contributed by atoms with van der Waals surface area (Å²) in [6.45, 7) is 7.86. The molecule has 0 atom stereocenters. The van der Waals surface area contributed by atoms with Gasteiger partial charge in [0.25, 0.3) is 0 Å². The molecule has 0 fully saturated rings. The van der Waals surface area contributed by atoms with Crippen molar-refractivity contribution in [1.29, 1.82) is 0 Å². The molecule has 5 nitrogen and oxygen atoms in total. The van der Waals surface area contributed by atoms with Crippen molar-refractivity contribution in [3.63, 3.8) is 0 Å².